The zero-order chi connectivity index (χ0) is 18.4. The average Bonchev–Trinajstić information content (AvgIpc) is 2.77. The Hall–Kier alpha value is -1.23. The fraction of sp³-hybridized carbons (Fsp3) is 0.650. The number of carbonyl (C=O) groups excluding carboxylic acids is 1. The van der Waals surface area contributed by atoms with Crippen LogP contribution in [0.3, 0.4) is 0 Å². The van der Waals surface area contributed by atoms with E-state index in [1.807, 2.05) is 25.7 Å². The highest BCUT2D eigenvalue weighted by atomic mass is 79.9. The highest BCUT2D eigenvalue weighted by Crippen LogP contribution is 2.43. The molecule has 1 saturated heterocycles. The Morgan fingerprint density at radius 1 is 1.24 bits per heavy atom. The van der Waals surface area contributed by atoms with Crippen molar-refractivity contribution < 1.29 is 9.53 Å². The zero-order valence-corrected chi connectivity index (χ0v) is 17.5. The molecule has 1 fully saturated rings. The van der Waals surface area contributed by atoms with Crippen LogP contribution >= 0.6 is 15.9 Å². The zero-order valence-electron chi connectivity index (χ0n) is 15.9. The van der Waals surface area contributed by atoms with E-state index in [1.165, 1.54) is 11.3 Å². The second-order valence-electron chi connectivity index (χ2n) is 8.87. The van der Waals surface area contributed by atoms with Crippen molar-refractivity contribution in [3.05, 3.63) is 28.2 Å². The predicted octanol–water partition coefficient (Wildman–Crippen LogP) is 4.95. The molecule has 1 aromatic rings. The van der Waals surface area contributed by atoms with Crippen LogP contribution in [-0.4, -0.2) is 42.3 Å². The first kappa shape index (κ1) is 18.6. The summed E-state index contributed by atoms with van der Waals surface area (Å²) in [5, 5.41) is 0. The van der Waals surface area contributed by atoms with Gasteiger partial charge in [-0.05, 0) is 57.4 Å². The molecular formula is C20H29BrN2O2. The largest absolute Gasteiger partial charge is 0.444 e. The number of rotatable bonds is 1. The number of fused-ring (bicyclic) bond motifs is 1. The number of halogens is 1. The van der Waals surface area contributed by atoms with Crippen molar-refractivity contribution in [1.29, 1.82) is 0 Å². The maximum Gasteiger partial charge on any atom is 0.410 e. The molecule has 4 nitrogen and oxygen atoms in total. The van der Waals surface area contributed by atoms with Gasteiger partial charge in [-0.15, -0.1) is 0 Å². The van der Waals surface area contributed by atoms with E-state index in [9.17, 15) is 4.79 Å². The summed E-state index contributed by atoms with van der Waals surface area (Å²) in [6.45, 7) is 12.9. The molecule has 0 atom stereocenters. The molecule has 0 radical (unpaired) electrons. The van der Waals surface area contributed by atoms with Gasteiger partial charge in [-0.2, -0.15) is 0 Å². The van der Waals surface area contributed by atoms with Crippen LogP contribution in [0.1, 0.15) is 53.0 Å². The lowest BCUT2D eigenvalue weighted by molar-refractivity contribution is 0.0204. The van der Waals surface area contributed by atoms with Crippen LogP contribution in [0.5, 0.6) is 0 Å². The van der Waals surface area contributed by atoms with Gasteiger partial charge in [-0.25, -0.2) is 4.79 Å². The molecule has 25 heavy (non-hydrogen) atoms. The second-order valence-corrected chi connectivity index (χ2v) is 9.79. The quantitative estimate of drug-likeness (QED) is 0.658. The summed E-state index contributed by atoms with van der Waals surface area (Å²) in [4.78, 5) is 16.7. The third-order valence-corrected chi connectivity index (χ3v) is 5.61. The fourth-order valence-electron chi connectivity index (χ4n) is 3.91. The van der Waals surface area contributed by atoms with Crippen molar-refractivity contribution in [1.82, 2.24) is 4.90 Å². The Bertz CT molecular complexity index is 658. The van der Waals surface area contributed by atoms with E-state index < -0.39 is 5.60 Å². The minimum absolute atomic E-state index is 0.154. The third kappa shape index (κ3) is 3.97. The number of nitrogens with zero attached hydrogens (tertiary/aromatic N) is 2. The van der Waals surface area contributed by atoms with E-state index in [-0.39, 0.29) is 11.5 Å². The molecule has 0 N–H and O–H groups in total. The second kappa shape index (κ2) is 6.49. The highest BCUT2D eigenvalue weighted by molar-refractivity contribution is 9.10. The van der Waals surface area contributed by atoms with Crippen LogP contribution in [0.25, 0.3) is 0 Å². The van der Waals surface area contributed by atoms with Gasteiger partial charge in [0.15, 0.2) is 0 Å². The van der Waals surface area contributed by atoms with E-state index in [2.05, 4.69) is 52.9 Å². The van der Waals surface area contributed by atoms with Gasteiger partial charge < -0.3 is 14.5 Å². The highest BCUT2D eigenvalue weighted by Gasteiger charge is 2.39. The van der Waals surface area contributed by atoms with Crippen molar-refractivity contribution >= 4 is 27.7 Å². The van der Waals surface area contributed by atoms with E-state index >= 15 is 0 Å². The Morgan fingerprint density at radius 3 is 2.48 bits per heavy atom. The van der Waals surface area contributed by atoms with Gasteiger partial charge >= 0.3 is 6.09 Å². The van der Waals surface area contributed by atoms with Crippen molar-refractivity contribution in [3.63, 3.8) is 0 Å². The maximum absolute atomic E-state index is 12.3. The molecule has 2 heterocycles. The van der Waals surface area contributed by atoms with Gasteiger partial charge in [0.2, 0.25) is 0 Å². The summed E-state index contributed by atoms with van der Waals surface area (Å²) in [6.07, 6.45) is 1.80. The number of hydrogen-bond acceptors (Lipinski definition) is 3. The van der Waals surface area contributed by atoms with Crippen molar-refractivity contribution in [2.75, 3.05) is 24.5 Å². The van der Waals surface area contributed by atoms with Crippen LogP contribution in [0.15, 0.2) is 22.7 Å². The molecule has 2 aliphatic heterocycles. The normalized spacial score (nSPS) is 20.6. The fourth-order valence-corrected chi connectivity index (χ4v) is 4.27. The molecule has 0 unspecified atom stereocenters. The summed E-state index contributed by atoms with van der Waals surface area (Å²) in [5.74, 6) is 0. The molecule has 1 amide bonds. The molecule has 0 spiro atoms. The number of piperidine rings is 1. The standard InChI is InChI=1S/C20H29BrN2O2/c1-19(2,3)25-18(24)22-10-8-15(9-11-22)23-13-20(4,5)16-12-14(21)6-7-17(16)23/h6-7,12,15H,8-11,13H2,1-5H3. The van der Waals surface area contributed by atoms with Gasteiger partial charge in [-0.1, -0.05) is 29.8 Å². The molecule has 0 aromatic heterocycles. The topological polar surface area (TPSA) is 32.8 Å². The van der Waals surface area contributed by atoms with Gasteiger partial charge in [0.25, 0.3) is 0 Å². The van der Waals surface area contributed by atoms with E-state index in [0.29, 0.717) is 6.04 Å². The number of likely N-dealkylation sites (tertiary alicyclic amines) is 1. The predicted molar refractivity (Wildman–Crippen MR) is 105 cm³/mol. The Kier molecular flexibility index (Phi) is 4.82. The molecule has 0 aliphatic carbocycles. The summed E-state index contributed by atoms with van der Waals surface area (Å²) in [5.41, 5.74) is 2.49. The number of hydrogen-bond donors (Lipinski definition) is 0. The summed E-state index contributed by atoms with van der Waals surface area (Å²) in [6, 6.07) is 7.10. The molecule has 2 aliphatic rings. The van der Waals surface area contributed by atoms with Crippen molar-refractivity contribution in [2.24, 2.45) is 0 Å². The molecule has 0 saturated carbocycles. The van der Waals surface area contributed by atoms with Crippen LogP contribution in [0, 0.1) is 0 Å². The minimum Gasteiger partial charge on any atom is -0.444 e. The van der Waals surface area contributed by atoms with Crippen LogP contribution in [0.2, 0.25) is 0 Å². The summed E-state index contributed by atoms with van der Waals surface area (Å²) < 4.78 is 6.65. The maximum atomic E-state index is 12.3. The summed E-state index contributed by atoms with van der Waals surface area (Å²) >= 11 is 3.60. The van der Waals surface area contributed by atoms with Gasteiger partial charge in [0, 0.05) is 41.3 Å². The lowest BCUT2D eigenvalue weighted by Crippen LogP contribution is -2.48. The monoisotopic (exact) mass is 408 g/mol. The van der Waals surface area contributed by atoms with Crippen LogP contribution in [-0.2, 0) is 10.2 Å². The average molecular weight is 409 g/mol. The number of carbonyl (C=O) groups is 1. The van der Waals surface area contributed by atoms with Gasteiger partial charge in [0.05, 0.1) is 0 Å². The molecule has 138 valence electrons. The molecule has 0 bridgehead atoms. The summed E-state index contributed by atoms with van der Waals surface area (Å²) in [7, 11) is 0. The number of amides is 1. The van der Waals surface area contributed by atoms with Gasteiger partial charge in [-0.3, -0.25) is 0 Å². The Morgan fingerprint density at radius 2 is 1.88 bits per heavy atom. The lowest BCUT2D eigenvalue weighted by atomic mass is 9.87. The third-order valence-electron chi connectivity index (χ3n) is 5.12. The van der Waals surface area contributed by atoms with Crippen LogP contribution < -0.4 is 4.90 Å². The number of ether oxygens (including phenoxy) is 1. The van der Waals surface area contributed by atoms with E-state index in [1.54, 1.807) is 0 Å². The first-order chi connectivity index (χ1) is 11.6. The first-order valence-corrected chi connectivity index (χ1v) is 9.91. The van der Waals surface area contributed by atoms with Crippen molar-refractivity contribution in [3.8, 4) is 0 Å². The number of anilines is 1. The van der Waals surface area contributed by atoms with E-state index in [0.717, 1.165) is 36.9 Å². The SMILES string of the molecule is CC(C)(C)OC(=O)N1CCC(N2CC(C)(C)c3cc(Br)ccc32)CC1. The Balaban J connectivity index is 1.68. The Labute approximate surface area is 159 Å². The molecule has 1 aromatic carbocycles. The van der Waals surface area contributed by atoms with Crippen molar-refractivity contribution in [2.45, 2.75) is 64.5 Å². The van der Waals surface area contributed by atoms with Gasteiger partial charge in [0.1, 0.15) is 5.60 Å². The molecular weight excluding hydrogens is 380 g/mol. The smallest absolute Gasteiger partial charge is 0.410 e. The molecule has 5 heteroatoms. The van der Waals surface area contributed by atoms with Crippen LogP contribution in [0.4, 0.5) is 10.5 Å². The minimum atomic E-state index is -0.431. The number of benzene rings is 1. The first-order valence-electron chi connectivity index (χ1n) is 9.11. The molecule has 3 rings (SSSR count). The van der Waals surface area contributed by atoms with E-state index in [4.69, 9.17) is 4.74 Å². The lowest BCUT2D eigenvalue weighted by Gasteiger charge is -2.39.